The van der Waals surface area contributed by atoms with Crippen molar-refractivity contribution in [3.63, 3.8) is 0 Å². The van der Waals surface area contributed by atoms with Crippen LogP contribution in [0.5, 0.6) is 0 Å². The molecule has 6 N–H and O–H groups in total. The van der Waals surface area contributed by atoms with Crippen molar-refractivity contribution >= 4 is 56.1 Å². The van der Waals surface area contributed by atoms with Gasteiger partial charge in [-0.2, -0.15) is 0 Å². The molecule has 2 heterocycles. The average Bonchev–Trinajstić information content (AvgIpc) is 3.32. The molecule has 5 rings (SSSR count). The van der Waals surface area contributed by atoms with Crippen LogP contribution in [-0.4, -0.2) is 69.2 Å². The monoisotopic (exact) mass is 708 g/mol. The zero-order valence-electron chi connectivity index (χ0n) is 26.3. The Morgan fingerprint density at radius 2 is 1.93 bits per heavy atom. The minimum absolute atomic E-state index is 0.0729. The van der Waals surface area contributed by atoms with Crippen LogP contribution >= 0.6 is 27.7 Å². The van der Waals surface area contributed by atoms with Crippen molar-refractivity contribution in [3.05, 3.63) is 81.8 Å². The maximum atomic E-state index is 14.2. The van der Waals surface area contributed by atoms with Gasteiger partial charge < -0.3 is 35.8 Å². The number of hydrogen-bond acceptors (Lipinski definition) is 7. The third-order valence-corrected chi connectivity index (χ3v) is 9.95. The highest BCUT2D eigenvalue weighted by atomic mass is 79.9. The van der Waals surface area contributed by atoms with Gasteiger partial charge in [0.15, 0.2) is 0 Å². The number of amides is 2. The molecule has 9 nitrogen and oxygen atoms in total. The quantitative estimate of drug-likeness (QED) is 0.115. The summed E-state index contributed by atoms with van der Waals surface area (Å²) in [4.78, 5) is 33.8. The van der Waals surface area contributed by atoms with Gasteiger partial charge >= 0.3 is 0 Å². The lowest BCUT2D eigenvalue weighted by atomic mass is 9.99. The zero-order valence-corrected chi connectivity index (χ0v) is 28.7. The summed E-state index contributed by atoms with van der Waals surface area (Å²) in [7, 11) is 0. The van der Waals surface area contributed by atoms with Crippen molar-refractivity contribution in [2.24, 2.45) is 0 Å². The summed E-state index contributed by atoms with van der Waals surface area (Å²) in [6.07, 6.45) is 2.31. The number of rotatable bonds is 12. The van der Waals surface area contributed by atoms with Gasteiger partial charge in [0, 0.05) is 45.6 Å². The molecule has 4 aromatic rings. The Morgan fingerprint density at radius 3 is 2.67 bits per heavy atom. The van der Waals surface area contributed by atoms with Gasteiger partial charge in [-0.1, -0.05) is 30.3 Å². The second-order valence-electron chi connectivity index (χ2n) is 12.4. The molecule has 1 aliphatic heterocycles. The Labute approximate surface area is 281 Å². The summed E-state index contributed by atoms with van der Waals surface area (Å²) >= 11 is 5.43. The summed E-state index contributed by atoms with van der Waals surface area (Å²) in [6, 6.07) is 19.2. The Kier molecular flexibility index (Phi) is 10.9. The predicted octanol–water partition coefficient (Wildman–Crippen LogP) is 4.89. The van der Waals surface area contributed by atoms with E-state index in [2.05, 4.69) is 43.7 Å². The molecule has 0 fully saturated rings. The Hall–Kier alpha value is -3.19. The SMILES string of the molecule is CSc1ccc2c(c1)CC[C@@H](NC(=O)CC(C)(C)NC[C@H](O)CO)C(=O)N2Cc1ccc2[nH]c(-c3ccccc3CO)c(Br)c2c1. The molecule has 2 atom stereocenters. The zero-order chi connectivity index (χ0) is 33.0. The number of carbonyl (C=O) groups excluding carboxylic acids is 2. The number of thioether (sulfide) groups is 1. The second-order valence-corrected chi connectivity index (χ2v) is 14.0. The highest BCUT2D eigenvalue weighted by molar-refractivity contribution is 9.10. The number of benzene rings is 3. The van der Waals surface area contributed by atoms with Gasteiger partial charge in [0.1, 0.15) is 6.04 Å². The molecule has 0 aliphatic carbocycles. The first kappa shape index (κ1) is 34.2. The van der Waals surface area contributed by atoms with E-state index in [-0.39, 0.29) is 38.0 Å². The summed E-state index contributed by atoms with van der Waals surface area (Å²) in [6.45, 7) is 3.72. The number of H-pyrrole nitrogens is 1. The fourth-order valence-electron chi connectivity index (χ4n) is 5.92. The van der Waals surface area contributed by atoms with Crippen LogP contribution in [0.15, 0.2) is 70.0 Å². The smallest absolute Gasteiger partial charge is 0.249 e. The Bertz CT molecular complexity index is 1720. The molecular formula is C35H41BrN4O5S. The van der Waals surface area contributed by atoms with Crippen LogP contribution in [0.2, 0.25) is 0 Å². The molecule has 0 saturated carbocycles. The van der Waals surface area contributed by atoms with E-state index in [1.165, 1.54) is 0 Å². The van der Waals surface area contributed by atoms with E-state index in [0.29, 0.717) is 19.4 Å². The first-order chi connectivity index (χ1) is 22.0. The highest BCUT2D eigenvalue weighted by Crippen LogP contribution is 2.38. The minimum Gasteiger partial charge on any atom is -0.394 e. The van der Waals surface area contributed by atoms with Crippen molar-refractivity contribution in [3.8, 4) is 11.3 Å². The van der Waals surface area contributed by atoms with Crippen molar-refractivity contribution in [2.45, 2.75) is 68.8 Å². The maximum Gasteiger partial charge on any atom is 0.249 e. The Morgan fingerprint density at radius 1 is 1.15 bits per heavy atom. The van der Waals surface area contributed by atoms with Crippen LogP contribution in [0, 0.1) is 0 Å². The molecule has 46 heavy (non-hydrogen) atoms. The molecular weight excluding hydrogens is 668 g/mol. The van der Waals surface area contributed by atoms with Gasteiger partial charge in [0.05, 0.1) is 36.0 Å². The van der Waals surface area contributed by atoms with Gasteiger partial charge in [-0.25, -0.2) is 0 Å². The number of nitrogens with one attached hydrogen (secondary N) is 3. The van der Waals surface area contributed by atoms with E-state index in [1.54, 1.807) is 16.7 Å². The molecule has 2 amide bonds. The predicted molar refractivity (Wildman–Crippen MR) is 187 cm³/mol. The molecule has 244 valence electrons. The van der Waals surface area contributed by atoms with Gasteiger partial charge in [0.2, 0.25) is 11.8 Å². The maximum absolute atomic E-state index is 14.2. The number of aliphatic hydroxyl groups is 3. The topological polar surface area (TPSA) is 138 Å². The molecule has 1 aliphatic rings. The largest absolute Gasteiger partial charge is 0.394 e. The van der Waals surface area contributed by atoms with E-state index in [4.69, 9.17) is 5.11 Å². The average molecular weight is 710 g/mol. The number of fused-ring (bicyclic) bond motifs is 2. The van der Waals surface area contributed by atoms with Crippen LogP contribution in [-0.2, 0) is 29.2 Å². The summed E-state index contributed by atoms with van der Waals surface area (Å²) in [5, 5.41) is 35.8. The summed E-state index contributed by atoms with van der Waals surface area (Å²) in [5.41, 5.74) is 5.72. The summed E-state index contributed by atoms with van der Waals surface area (Å²) in [5.74, 6) is -0.435. The van der Waals surface area contributed by atoms with E-state index < -0.39 is 17.7 Å². The molecule has 0 radical (unpaired) electrons. The van der Waals surface area contributed by atoms with Crippen LogP contribution < -0.4 is 15.5 Å². The fraction of sp³-hybridized carbons (Fsp3) is 0.371. The van der Waals surface area contributed by atoms with E-state index in [0.717, 1.165) is 53.9 Å². The number of hydrogen-bond donors (Lipinski definition) is 6. The molecule has 0 saturated heterocycles. The fourth-order valence-corrected chi connectivity index (χ4v) is 7.03. The van der Waals surface area contributed by atoms with Gasteiger partial charge in [-0.3, -0.25) is 9.59 Å². The number of aromatic nitrogens is 1. The summed E-state index contributed by atoms with van der Waals surface area (Å²) < 4.78 is 0.880. The standard InChI is InChI=1S/C35H41BrN4O5S/c1-35(2,37-17-24(43)20-42)16-31(44)38-29-12-9-22-15-25(46-3)10-13-30(22)40(34(29)45)18-21-8-11-28-27(14-21)32(36)33(39-28)26-7-5-4-6-23(26)19-41/h4-8,10-11,13-15,24,29,37,39,41-43H,9,12,16-20H2,1-3H3,(H,38,44)/t24-,29+/m0/s1. The lowest BCUT2D eigenvalue weighted by Crippen LogP contribution is -2.51. The van der Waals surface area contributed by atoms with Crippen LogP contribution in [0.4, 0.5) is 5.69 Å². The van der Waals surface area contributed by atoms with E-state index >= 15 is 0 Å². The molecule has 1 aromatic heterocycles. The number of aryl methyl sites for hydroxylation is 1. The first-order valence-electron chi connectivity index (χ1n) is 15.3. The van der Waals surface area contributed by atoms with Gasteiger partial charge in [-0.05, 0) is 95.9 Å². The van der Waals surface area contributed by atoms with Crippen LogP contribution in [0.1, 0.15) is 43.4 Å². The lowest BCUT2D eigenvalue weighted by molar-refractivity contribution is -0.128. The number of anilines is 1. The van der Waals surface area contributed by atoms with Crippen LogP contribution in [0.3, 0.4) is 0 Å². The van der Waals surface area contributed by atoms with E-state index in [9.17, 15) is 19.8 Å². The molecule has 0 unspecified atom stereocenters. The number of carbonyl (C=O) groups is 2. The lowest BCUT2D eigenvalue weighted by Gasteiger charge is -2.29. The van der Waals surface area contributed by atoms with E-state index in [1.807, 2.05) is 68.6 Å². The minimum atomic E-state index is -0.918. The van der Waals surface area contributed by atoms with Crippen molar-refractivity contribution < 1.29 is 24.9 Å². The molecule has 11 heteroatoms. The first-order valence-corrected chi connectivity index (χ1v) is 17.4. The third-order valence-electron chi connectivity index (χ3n) is 8.41. The number of halogens is 1. The molecule has 3 aromatic carbocycles. The van der Waals surface area contributed by atoms with Gasteiger partial charge in [0.25, 0.3) is 0 Å². The molecule has 0 bridgehead atoms. The van der Waals surface area contributed by atoms with Gasteiger partial charge in [-0.15, -0.1) is 11.8 Å². The van der Waals surface area contributed by atoms with Crippen molar-refractivity contribution in [1.82, 2.24) is 15.6 Å². The number of β-amino-alcohol motifs (C(OH)–C–C–N with tert-alkyl or cyclic N) is 1. The Balaban J connectivity index is 1.42. The normalized spacial score (nSPS) is 15.9. The van der Waals surface area contributed by atoms with Crippen molar-refractivity contribution in [1.29, 1.82) is 0 Å². The highest BCUT2D eigenvalue weighted by Gasteiger charge is 2.33. The second kappa shape index (κ2) is 14.7. The third kappa shape index (κ3) is 7.67. The molecule has 0 spiro atoms. The number of aromatic amines is 1. The van der Waals surface area contributed by atoms with Crippen LogP contribution in [0.25, 0.3) is 22.2 Å². The number of aliphatic hydroxyl groups excluding tert-OH is 3. The number of nitrogens with zero attached hydrogens (tertiary/aromatic N) is 1. The van der Waals surface area contributed by atoms with Crippen molar-refractivity contribution in [2.75, 3.05) is 24.3 Å².